The van der Waals surface area contributed by atoms with Gasteiger partial charge in [-0.25, -0.2) is 0 Å². The number of rotatable bonds is 3. The topological polar surface area (TPSA) is 59.3 Å². The fourth-order valence-electron chi connectivity index (χ4n) is 2.55. The van der Waals surface area contributed by atoms with Crippen LogP contribution >= 0.6 is 0 Å². The van der Waals surface area contributed by atoms with Crippen molar-refractivity contribution >= 4 is 28.6 Å². The van der Waals surface area contributed by atoms with Gasteiger partial charge in [0.05, 0.1) is 10.9 Å². The van der Waals surface area contributed by atoms with E-state index in [0.29, 0.717) is 16.5 Å². The van der Waals surface area contributed by atoms with Crippen LogP contribution in [0.2, 0.25) is 0 Å². The van der Waals surface area contributed by atoms with Crippen molar-refractivity contribution in [3.63, 3.8) is 0 Å². The Labute approximate surface area is 139 Å². The van der Waals surface area contributed by atoms with Crippen LogP contribution in [-0.4, -0.2) is 5.91 Å². The highest BCUT2D eigenvalue weighted by Crippen LogP contribution is 2.19. The van der Waals surface area contributed by atoms with Crippen molar-refractivity contribution in [1.82, 2.24) is 0 Å². The second kappa shape index (κ2) is 6.54. The van der Waals surface area contributed by atoms with Gasteiger partial charge in [-0.05, 0) is 43.2 Å². The molecule has 1 N–H and O–H groups in total. The summed E-state index contributed by atoms with van der Waals surface area (Å²) >= 11 is 0. The second-order valence-corrected chi connectivity index (χ2v) is 5.61. The van der Waals surface area contributed by atoms with E-state index in [-0.39, 0.29) is 11.3 Å². The molecule has 0 atom stereocenters. The summed E-state index contributed by atoms with van der Waals surface area (Å²) in [6, 6.07) is 12.8. The maximum Gasteiger partial charge on any atom is 0.248 e. The maximum absolute atomic E-state index is 12.4. The number of hydrogen-bond donors (Lipinski definition) is 1. The van der Waals surface area contributed by atoms with Gasteiger partial charge in [-0.2, -0.15) is 0 Å². The van der Waals surface area contributed by atoms with E-state index in [9.17, 15) is 9.59 Å². The zero-order valence-corrected chi connectivity index (χ0v) is 13.5. The van der Waals surface area contributed by atoms with E-state index in [0.717, 1.165) is 16.8 Å². The first-order valence-corrected chi connectivity index (χ1v) is 7.62. The Kier molecular flexibility index (Phi) is 4.29. The molecule has 4 heteroatoms. The normalized spacial score (nSPS) is 11.1. The molecule has 0 spiro atoms. The minimum Gasteiger partial charge on any atom is -0.463 e. The summed E-state index contributed by atoms with van der Waals surface area (Å²) in [6.07, 6.45) is 4.18. The summed E-state index contributed by atoms with van der Waals surface area (Å²) in [4.78, 5) is 24.5. The molecule has 0 radical (unpaired) electrons. The Balaban J connectivity index is 1.85. The summed E-state index contributed by atoms with van der Waals surface area (Å²) in [6.45, 7) is 3.87. The van der Waals surface area contributed by atoms with Gasteiger partial charge in [-0.15, -0.1) is 0 Å². The number of carbonyl (C=O) groups excluding carboxylic acids is 1. The Morgan fingerprint density at radius 2 is 1.75 bits per heavy atom. The van der Waals surface area contributed by atoms with E-state index in [1.165, 1.54) is 18.4 Å². The lowest BCUT2D eigenvalue weighted by molar-refractivity contribution is -0.111. The zero-order chi connectivity index (χ0) is 17.1. The molecule has 120 valence electrons. The fraction of sp³-hybridized carbons (Fsp3) is 0.100. The van der Waals surface area contributed by atoms with E-state index in [1.807, 2.05) is 32.0 Å². The molecule has 0 aliphatic heterocycles. The number of para-hydroxylation sites is 2. The highest BCUT2D eigenvalue weighted by atomic mass is 16.3. The number of aryl methyl sites for hydroxylation is 2. The van der Waals surface area contributed by atoms with E-state index >= 15 is 0 Å². The van der Waals surface area contributed by atoms with Gasteiger partial charge in [0.2, 0.25) is 5.91 Å². The van der Waals surface area contributed by atoms with E-state index in [4.69, 9.17) is 4.42 Å². The van der Waals surface area contributed by atoms with Gasteiger partial charge in [0.1, 0.15) is 11.8 Å². The SMILES string of the molecule is Cc1cccc(C)c1NC(=O)/C=C/c1coc2ccccc2c1=O. The monoisotopic (exact) mass is 319 g/mol. The number of carbonyl (C=O) groups is 1. The Morgan fingerprint density at radius 1 is 1.04 bits per heavy atom. The van der Waals surface area contributed by atoms with Crippen LogP contribution in [0.1, 0.15) is 16.7 Å². The molecular formula is C20H17NO3. The third-order valence-corrected chi connectivity index (χ3v) is 3.85. The van der Waals surface area contributed by atoms with Crippen LogP contribution < -0.4 is 10.7 Å². The number of anilines is 1. The van der Waals surface area contributed by atoms with Crippen LogP contribution in [-0.2, 0) is 4.79 Å². The predicted octanol–water partition coefficient (Wildman–Crippen LogP) is 4.06. The molecule has 0 bridgehead atoms. The van der Waals surface area contributed by atoms with Gasteiger partial charge in [0, 0.05) is 11.8 Å². The first kappa shape index (κ1) is 15.7. The minimum atomic E-state index is -0.292. The van der Waals surface area contributed by atoms with Crippen LogP contribution in [0.4, 0.5) is 5.69 Å². The van der Waals surface area contributed by atoms with Crippen molar-refractivity contribution in [1.29, 1.82) is 0 Å². The highest BCUT2D eigenvalue weighted by Gasteiger charge is 2.06. The zero-order valence-electron chi connectivity index (χ0n) is 13.5. The van der Waals surface area contributed by atoms with Gasteiger partial charge >= 0.3 is 0 Å². The molecule has 1 heterocycles. The molecule has 3 aromatic rings. The summed E-state index contributed by atoms with van der Waals surface area (Å²) in [5, 5.41) is 3.34. The molecular weight excluding hydrogens is 302 g/mol. The molecule has 0 unspecified atom stereocenters. The van der Waals surface area contributed by atoms with Crippen LogP contribution in [0.5, 0.6) is 0 Å². The molecule has 2 aromatic carbocycles. The van der Waals surface area contributed by atoms with Crippen LogP contribution in [0.3, 0.4) is 0 Å². The summed E-state index contributed by atoms with van der Waals surface area (Å²) in [7, 11) is 0. The molecule has 4 nitrogen and oxygen atoms in total. The molecule has 0 saturated carbocycles. The van der Waals surface area contributed by atoms with Crippen molar-refractivity contribution in [2.24, 2.45) is 0 Å². The van der Waals surface area contributed by atoms with Gasteiger partial charge in [-0.1, -0.05) is 30.3 Å². The number of benzene rings is 2. The highest BCUT2D eigenvalue weighted by molar-refractivity contribution is 6.02. The van der Waals surface area contributed by atoms with E-state index in [1.54, 1.807) is 24.3 Å². The molecule has 24 heavy (non-hydrogen) atoms. The number of hydrogen-bond acceptors (Lipinski definition) is 3. The average Bonchev–Trinajstić information content (AvgIpc) is 2.58. The second-order valence-electron chi connectivity index (χ2n) is 5.61. The largest absolute Gasteiger partial charge is 0.463 e. The van der Waals surface area contributed by atoms with Gasteiger partial charge in [0.15, 0.2) is 5.43 Å². The number of nitrogens with one attached hydrogen (secondary N) is 1. The molecule has 0 fully saturated rings. The Hall–Kier alpha value is -3.14. The number of fused-ring (bicyclic) bond motifs is 1. The van der Waals surface area contributed by atoms with Crippen LogP contribution in [0, 0.1) is 13.8 Å². The molecule has 0 aliphatic carbocycles. The lowest BCUT2D eigenvalue weighted by atomic mass is 10.1. The summed E-state index contributed by atoms with van der Waals surface area (Å²) < 4.78 is 5.43. The van der Waals surface area contributed by atoms with E-state index in [2.05, 4.69) is 5.32 Å². The maximum atomic E-state index is 12.4. The lowest BCUT2D eigenvalue weighted by Gasteiger charge is -2.09. The summed E-state index contributed by atoms with van der Waals surface area (Å²) in [5.74, 6) is -0.292. The standard InChI is InChI=1S/C20H17NO3/c1-13-6-5-7-14(2)19(13)21-18(22)11-10-15-12-24-17-9-4-3-8-16(17)20(15)23/h3-12H,1-2H3,(H,21,22)/b11-10+. The fourth-order valence-corrected chi connectivity index (χ4v) is 2.55. The Morgan fingerprint density at radius 3 is 2.50 bits per heavy atom. The lowest BCUT2D eigenvalue weighted by Crippen LogP contribution is -2.11. The smallest absolute Gasteiger partial charge is 0.248 e. The number of amides is 1. The molecule has 0 saturated heterocycles. The van der Waals surface area contributed by atoms with Crippen LogP contribution in [0.25, 0.3) is 17.0 Å². The van der Waals surface area contributed by atoms with Crippen molar-refractivity contribution in [3.05, 3.63) is 81.7 Å². The average molecular weight is 319 g/mol. The first-order valence-electron chi connectivity index (χ1n) is 7.62. The van der Waals surface area contributed by atoms with Crippen molar-refractivity contribution in [2.75, 3.05) is 5.32 Å². The van der Waals surface area contributed by atoms with Crippen molar-refractivity contribution in [3.8, 4) is 0 Å². The third kappa shape index (κ3) is 3.13. The van der Waals surface area contributed by atoms with Crippen LogP contribution in [0.15, 0.2) is 64.0 Å². The summed E-state index contributed by atoms with van der Waals surface area (Å²) in [5.41, 5.74) is 3.47. The molecule has 0 aliphatic rings. The Bertz CT molecular complexity index is 979. The molecule has 3 rings (SSSR count). The third-order valence-electron chi connectivity index (χ3n) is 3.85. The first-order chi connectivity index (χ1) is 11.6. The molecule has 1 aromatic heterocycles. The predicted molar refractivity (Wildman–Crippen MR) is 96.1 cm³/mol. The quantitative estimate of drug-likeness (QED) is 0.741. The van der Waals surface area contributed by atoms with Crippen molar-refractivity contribution < 1.29 is 9.21 Å². The minimum absolute atomic E-state index is 0.159. The van der Waals surface area contributed by atoms with Gasteiger partial charge < -0.3 is 9.73 Å². The van der Waals surface area contributed by atoms with Crippen molar-refractivity contribution in [2.45, 2.75) is 13.8 Å². The molecule has 1 amide bonds. The van der Waals surface area contributed by atoms with Gasteiger partial charge in [0.25, 0.3) is 0 Å². The van der Waals surface area contributed by atoms with Gasteiger partial charge in [-0.3, -0.25) is 9.59 Å². The van der Waals surface area contributed by atoms with E-state index < -0.39 is 0 Å².